The maximum Gasteiger partial charge on any atom is 0.183 e. The molecule has 28 heavy (non-hydrogen) atoms. The molecule has 0 saturated carbocycles. The average Bonchev–Trinajstić information content (AvgIpc) is 3.01. The molecule has 4 rings (SSSR count). The van der Waals surface area contributed by atoms with Gasteiger partial charge in [0.05, 0.1) is 6.54 Å². The number of benzene rings is 2. The Balaban J connectivity index is 1.51. The van der Waals surface area contributed by atoms with Crippen LogP contribution in [0.1, 0.15) is 27.3 Å². The topological polar surface area (TPSA) is 52.5 Å². The highest BCUT2D eigenvalue weighted by Gasteiger charge is 2.17. The summed E-state index contributed by atoms with van der Waals surface area (Å²) in [6.45, 7) is 7.41. The number of hydrogen-bond donors (Lipinski definition) is 1. The summed E-state index contributed by atoms with van der Waals surface area (Å²) < 4.78 is 13.3. The average molecular weight is 376 g/mol. The van der Waals surface area contributed by atoms with Gasteiger partial charge in [-0.2, -0.15) is 0 Å². The molecule has 0 aliphatic carbocycles. The maximum atomic E-state index is 12.8. The fraction of sp³-hybridized carbons (Fsp3) is 0.261. The Morgan fingerprint density at radius 2 is 1.68 bits per heavy atom. The lowest BCUT2D eigenvalue weighted by atomic mass is 10.1. The lowest BCUT2D eigenvalue weighted by molar-refractivity contribution is 0.101. The number of carbonyl (C=O) groups is 1. The number of nitrogens with one attached hydrogen (secondary N) is 1. The number of aromatic nitrogens is 1. The zero-order valence-corrected chi connectivity index (χ0v) is 16.4. The number of rotatable bonds is 5. The van der Waals surface area contributed by atoms with Gasteiger partial charge in [0.25, 0.3) is 0 Å². The van der Waals surface area contributed by atoms with Crippen LogP contribution in [0.3, 0.4) is 0 Å². The number of hydrogen-bond acceptors (Lipinski definition) is 4. The zero-order chi connectivity index (χ0) is 19.7. The lowest BCUT2D eigenvalue weighted by Crippen LogP contribution is -2.17. The molecule has 2 aromatic carbocycles. The van der Waals surface area contributed by atoms with Crippen LogP contribution in [0.15, 0.2) is 48.5 Å². The lowest BCUT2D eigenvalue weighted by Gasteiger charge is -2.19. The Kier molecular flexibility index (Phi) is 4.82. The molecule has 5 heteroatoms. The Labute approximate surface area is 164 Å². The summed E-state index contributed by atoms with van der Waals surface area (Å²) in [5.41, 5.74) is 5.86. The molecule has 0 saturated heterocycles. The molecule has 0 unspecified atom stereocenters. The first-order valence-electron chi connectivity index (χ1n) is 9.45. The van der Waals surface area contributed by atoms with Crippen LogP contribution in [0.5, 0.6) is 11.5 Å². The van der Waals surface area contributed by atoms with Crippen LogP contribution in [0, 0.1) is 20.8 Å². The number of Topliss-reactive ketones (excluding diaryl/α,β-unsaturated/α-hetero) is 1. The van der Waals surface area contributed by atoms with Gasteiger partial charge in [-0.15, -0.1) is 0 Å². The number of nitrogens with zero attached hydrogens (tertiary/aromatic N) is 1. The van der Waals surface area contributed by atoms with Crippen molar-refractivity contribution in [2.75, 3.05) is 25.1 Å². The quantitative estimate of drug-likeness (QED) is 0.668. The van der Waals surface area contributed by atoms with E-state index in [1.54, 1.807) is 0 Å². The highest BCUT2D eigenvalue weighted by atomic mass is 16.6. The molecule has 1 aliphatic heterocycles. The number of ether oxygens (including phenoxy) is 2. The Bertz CT molecular complexity index is 1020. The smallest absolute Gasteiger partial charge is 0.183 e. The van der Waals surface area contributed by atoms with Gasteiger partial charge in [-0.05, 0) is 51.1 Å². The minimum atomic E-state index is 0.0568. The van der Waals surface area contributed by atoms with Gasteiger partial charge in [-0.25, -0.2) is 0 Å². The Hall–Kier alpha value is -3.21. The number of anilines is 1. The highest BCUT2D eigenvalue weighted by Crippen LogP contribution is 2.32. The number of fused-ring (bicyclic) bond motifs is 1. The van der Waals surface area contributed by atoms with Crippen molar-refractivity contribution in [3.05, 3.63) is 71.0 Å². The van der Waals surface area contributed by atoms with Crippen molar-refractivity contribution in [3.8, 4) is 17.2 Å². The van der Waals surface area contributed by atoms with Gasteiger partial charge in [0, 0.05) is 34.4 Å². The van der Waals surface area contributed by atoms with E-state index in [2.05, 4.69) is 41.1 Å². The van der Waals surface area contributed by atoms with Gasteiger partial charge in [0.15, 0.2) is 17.3 Å². The molecule has 0 radical (unpaired) electrons. The minimum Gasteiger partial charge on any atom is -0.486 e. The van der Waals surface area contributed by atoms with Crippen LogP contribution in [0.25, 0.3) is 5.69 Å². The minimum absolute atomic E-state index is 0.0568. The summed E-state index contributed by atoms with van der Waals surface area (Å²) in [6.07, 6.45) is 0. The van der Waals surface area contributed by atoms with Crippen LogP contribution in [-0.4, -0.2) is 30.1 Å². The van der Waals surface area contributed by atoms with Crippen LogP contribution in [0.4, 0.5) is 5.69 Å². The van der Waals surface area contributed by atoms with E-state index in [1.165, 1.54) is 5.56 Å². The largest absolute Gasteiger partial charge is 0.486 e. The predicted octanol–water partition coefficient (Wildman–Crippen LogP) is 4.47. The van der Waals surface area contributed by atoms with Gasteiger partial charge in [0.1, 0.15) is 13.2 Å². The molecule has 0 bridgehead atoms. The molecule has 0 atom stereocenters. The second kappa shape index (κ2) is 7.43. The molecular weight excluding hydrogens is 352 g/mol. The van der Waals surface area contributed by atoms with Crippen LogP contribution >= 0.6 is 0 Å². The molecule has 144 valence electrons. The van der Waals surface area contributed by atoms with Gasteiger partial charge >= 0.3 is 0 Å². The monoisotopic (exact) mass is 376 g/mol. The van der Waals surface area contributed by atoms with E-state index < -0.39 is 0 Å². The molecule has 3 aromatic rings. The van der Waals surface area contributed by atoms with Crippen molar-refractivity contribution in [1.82, 2.24) is 4.57 Å². The van der Waals surface area contributed by atoms with Crippen molar-refractivity contribution >= 4 is 11.5 Å². The Morgan fingerprint density at radius 1 is 0.964 bits per heavy atom. The third-order valence-corrected chi connectivity index (χ3v) is 5.02. The van der Waals surface area contributed by atoms with E-state index in [1.807, 2.05) is 38.1 Å². The predicted molar refractivity (Wildman–Crippen MR) is 110 cm³/mol. The second-order valence-corrected chi connectivity index (χ2v) is 7.09. The molecule has 0 spiro atoms. The zero-order valence-electron chi connectivity index (χ0n) is 16.4. The summed E-state index contributed by atoms with van der Waals surface area (Å²) in [4.78, 5) is 12.8. The fourth-order valence-corrected chi connectivity index (χ4v) is 3.57. The SMILES string of the molecule is Cc1ccc(-n2c(C)cc(C(=O)CNc3ccc4c(c3)OCCO4)c2C)cc1. The van der Waals surface area contributed by atoms with E-state index in [9.17, 15) is 4.79 Å². The number of ketones is 1. The van der Waals surface area contributed by atoms with E-state index in [0.29, 0.717) is 19.0 Å². The van der Waals surface area contributed by atoms with Gasteiger partial charge in [-0.3, -0.25) is 4.79 Å². The molecule has 2 heterocycles. The summed E-state index contributed by atoms with van der Waals surface area (Å²) in [6, 6.07) is 15.9. The number of carbonyl (C=O) groups excluding carboxylic acids is 1. The van der Waals surface area contributed by atoms with Crippen molar-refractivity contribution in [2.24, 2.45) is 0 Å². The summed E-state index contributed by atoms with van der Waals surface area (Å²) in [7, 11) is 0. The van der Waals surface area contributed by atoms with Crippen molar-refractivity contribution < 1.29 is 14.3 Å². The molecule has 0 fully saturated rings. The standard InChI is InChI=1S/C23H24N2O3/c1-15-4-7-19(8-5-15)25-16(2)12-20(17(25)3)21(26)14-24-18-6-9-22-23(13-18)28-11-10-27-22/h4-9,12-13,24H,10-11,14H2,1-3H3. The van der Waals surface area contributed by atoms with Crippen molar-refractivity contribution in [3.63, 3.8) is 0 Å². The second-order valence-electron chi connectivity index (χ2n) is 7.09. The summed E-state index contributed by atoms with van der Waals surface area (Å²) in [5.74, 6) is 1.51. The first-order valence-corrected chi connectivity index (χ1v) is 9.45. The number of aryl methyl sites for hydroxylation is 2. The first kappa shape index (κ1) is 18.2. The third-order valence-electron chi connectivity index (χ3n) is 5.02. The molecule has 1 aliphatic rings. The van der Waals surface area contributed by atoms with Crippen molar-refractivity contribution in [2.45, 2.75) is 20.8 Å². The van der Waals surface area contributed by atoms with E-state index in [0.717, 1.165) is 34.1 Å². The van der Waals surface area contributed by atoms with Crippen molar-refractivity contribution in [1.29, 1.82) is 0 Å². The molecule has 0 amide bonds. The van der Waals surface area contributed by atoms with Gasteiger partial charge < -0.3 is 19.4 Å². The molecule has 1 N–H and O–H groups in total. The molecular formula is C23H24N2O3. The van der Waals surface area contributed by atoms with Crippen LogP contribution in [0.2, 0.25) is 0 Å². The molecule has 5 nitrogen and oxygen atoms in total. The van der Waals surface area contributed by atoms with E-state index >= 15 is 0 Å². The third kappa shape index (κ3) is 3.48. The van der Waals surface area contributed by atoms with Crippen LogP contribution in [-0.2, 0) is 0 Å². The normalized spacial score (nSPS) is 12.7. The summed E-state index contributed by atoms with van der Waals surface area (Å²) >= 11 is 0. The maximum absolute atomic E-state index is 12.8. The van der Waals surface area contributed by atoms with Gasteiger partial charge in [-0.1, -0.05) is 17.7 Å². The summed E-state index contributed by atoms with van der Waals surface area (Å²) in [5, 5.41) is 3.20. The van der Waals surface area contributed by atoms with Gasteiger partial charge in [0.2, 0.25) is 0 Å². The first-order chi connectivity index (χ1) is 13.5. The highest BCUT2D eigenvalue weighted by molar-refractivity contribution is 6.00. The van der Waals surface area contributed by atoms with E-state index in [4.69, 9.17) is 9.47 Å². The Morgan fingerprint density at radius 3 is 2.43 bits per heavy atom. The molecule has 1 aromatic heterocycles. The fourth-order valence-electron chi connectivity index (χ4n) is 3.57. The van der Waals surface area contributed by atoms with Crippen LogP contribution < -0.4 is 14.8 Å². The van der Waals surface area contributed by atoms with E-state index in [-0.39, 0.29) is 12.3 Å².